The van der Waals surface area contributed by atoms with Gasteiger partial charge in [-0.3, -0.25) is 0 Å². The summed E-state index contributed by atoms with van der Waals surface area (Å²) in [5.41, 5.74) is 0.116. The monoisotopic (exact) mass is 186 g/mol. The summed E-state index contributed by atoms with van der Waals surface area (Å²) >= 11 is 0. The summed E-state index contributed by atoms with van der Waals surface area (Å²) in [6.07, 6.45) is 1.57. The minimum atomic E-state index is -0.896. The van der Waals surface area contributed by atoms with Crippen molar-refractivity contribution in [2.45, 2.75) is 40.2 Å². The van der Waals surface area contributed by atoms with Gasteiger partial charge in [0.05, 0.1) is 12.9 Å². The van der Waals surface area contributed by atoms with Crippen LogP contribution in [0.2, 0.25) is 0 Å². The summed E-state index contributed by atoms with van der Waals surface area (Å²) in [4.78, 5) is 11.3. The average molecular weight is 186 g/mol. The van der Waals surface area contributed by atoms with Gasteiger partial charge in [-0.25, -0.2) is 4.79 Å². The SMILES string of the molecule is CCOC(=O)C(C)(C)OC=C(C)C. The average Bonchev–Trinajstić information content (AvgIpc) is 2.01. The van der Waals surface area contributed by atoms with Gasteiger partial charge in [-0.15, -0.1) is 0 Å². The molecule has 0 fully saturated rings. The largest absolute Gasteiger partial charge is 0.484 e. The van der Waals surface area contributed by atoms with Gasteiger partial charge in [0.15, 0.2) is 5.60 Å². The molecular formula is C10H18O3. The number of carbonyl (C=O) groups is 1. The zero-order valence-electron chi connectivity index (χ0n) is 9.01. The first kappa shape index (κ1) is 12.0. The van der Waals surface area contributed by atoms with Crippen LogP contribution in [0.15, 0.2) is 11.8 Å². The molecule has 0 saturated carbocycles. The normalized spacial score (nSPS) is 10.5. The molecule has 0 aromatic carbocycles. The van der Waals surface area contributed by atoms with Crippen LogP contribution in [0.4, 0.5) is 0 Å². The van der Waals surface area contributed by atoms with Crippen molar-refractivity contribution in [3.05, 3.63) is 11.8 Å². The predicted octanol–water partition coefficient (Wildman–Crippen LogP) is 2.27. The van der Waals surface area contributed by atoms with Crippen LogP contribution in [0.25, 0.3) is 0 Å². The van der Waals surface area contributed by atoms with Crippen LogP contribution in [-0.2, 0) is 14.3 Å². The summed E-state index contributed by atoms with van der Waals surface area (Å²) in [5.74, 6) is -0.340. The van der Waals surface area contributed by atoms with Crippen molar-refractivity contribution in [1.29, 1.82) is 0 Å². The van der Waals surface area contributed by atoms with Gasteiger partial charge in [0.1, 0.15) is 0 Å². The van der Waals surface area contributed by atoms with E-state index in [0.29, 0.717) is 6.61 Å². The third-order valence-electron chi connectivity index (χ3n) is 1.36. The molecular weight excluding hydrogens is 168 g/mol. The van der Waals surface area contributed by atoms with Gasteiger partial charge in [-0.2, -0.15) is 0 Å². The lowest BCUT2D eigenvalue weighted by Crippen LogP contribution is -2.35. The van der Waals surface area contributed by atoms with Crippen molar-refractivity contribution in [1.82, 2.24) is 0 Å². The molecule has 0 heterocycles. The Balaban J connectivity index is 4.22. The first-order valence-corrected chi connectivity index (χ1v) is 4.38. The highest BCUT2D eigenvalue weighted by Crippen LogP contribution is 2.12. The van der Waals surface area contributed by atoms with Gasteiger partial charge in [0.25, 0.3) is 0 Å². The van der Waals surface area contributed by atoms with Crippen molar-refractivity contribution in [3.63, 3.8) is 0 Å². The van der Waals surface area contributed by atoms with E-state index < -0.39 is 5.60 Å². The van der Waals surface area contributed by atoms with Crippen molar-refractivity contribution in [2.75, 3.05) is 6.61 Å². The molecule has 0 aliphatic heterocycles. The van der Waals surface area contributed by atoms with E-state index in [-0.39, 0.29) is 5.97 Å². The fourth-order valence-electron chi connectivity index (χ4n) is 0.618. The molecule has 0 N–H and O–H groups in total. The summed E-state index contributed by atoms with van der Waals surface area (Å²) in [5, 5.41) is 0. The van der Waals surface area contributed by atoms with E-state index in [4.69, 9.17) is 9.47 Å². The Morgan fingerprint density at radius 1 is 1.38 bits per heavy atom. The van der Waals surface area contributed by atoms with E-state index in [0.717, 1.165) is 5.57 Å². The molecule has 0 aromatic heterocycles. The number of carbonyl (C=O) groups excluding carboxylic acids is 1. The molecule has 0 aliphatic carbocycles. The Bertz CT molecular complexity index is 200. The predicted molar refractivity (Wildman–Crippen MR) is 51.2 cm³/mol. The lowest BCUT2D eigenvalue weighted by atomic mass is 10.1. The van der Waals surface area contributed by atoms with Crippen molar-refractivity contribution in [3.8, 4) is 0 Å². The van der Waals surface area contributed by atoms with Gasteiger partial charge in [0, 0.05) is 0 Å². The molecule has 13 heavy (non-hydrogen) atoms. The van der Waals surface area contributed by atoms with Crippen LogP contribution in [0, 0.1) is 0 Å². The van der Waals surface area contributed by atoms with Crippen molar-refractivity contribution >= 4 is 5.97 Å². The fourth-order valence-corrected chi connectivity index (χ4v) is 0.618. The first-order valence-electron chi connectivity index (χ1n) is 4.38. The van der Waals surface area contributed by atoms with E-state index >= 15 is 0 Å². The van der Waals surface area contributed by atoms with Gasteiger partial charge >= 0.3 is 5.97 Å². The summed E-state index contributed by atoms with van der Waals surface area (Å²) in [6.45, 7) is 9.33. The first-order chi connectivity index (χ1) is 5.90. The Labute approximate surface area is 79.7 Å². The molecule has 0 aliphatic rings. The van der Waals surface area contributed by atoms with Gasteiger partial charge in [-0.05, 0) is 40.2 Å². The molecule has 0 amide bonds. The highest BCUT2D eigenvalue weighted by molar-refractivity contribution is 5.78. The molecule has 3 heteroatoms. The van der Waals surface area contributed by atoms with E-state index in [9.17, 15) is 4.79 Å². The molecule has 0 spiro atoms. The minimum absolute atomic E-state index is 0.340. The molecule has 0 saturated heterocycles. The van der Waals surface area contributed by atoms with Crippen LogP contribution in [0.1, 0.15) is 34.6 Å². The number of rotatable bonds is 4. The summed E-state index contributed by atoms with van der Waals surface area (Å²) in [6, 6.07) is 0. The fraction of sp³-hybridized carbons (Fsp3) is 0.700. The van der Waals surface area contributed by atoms with Gasteiger partial charge in [-0.1, -0.05) is 0 Å². The number of esters is 1. The third-order valence-corrected chi connectivity index (χ3v) is 1.36. The molecule has 3 nitrogen and oxygen atoms in total. The molecule has 0 rings (SSSR count). The molecule has 0 aromatic rings. The maximum absolute atomic E-state index is 11.3. The third kappa shape index (κ3) is 4.55. The standard InChI is InChI=1S/C10H18O3/c1-6-12-9(11)10(4,5)13-7-8(2)3/h7H,6H2,1-5H3. The number of ether oxygens (including phenoxy) is 2. The highest BCUT2D eigenvalue weighted by atomic mass is 16.6. The molecule has 0 radical (unpaired) electrons. The number of allylic oxidation sites excluding steroid dienone is 1. The van der Waals surface area contributed by atoms with Gasteiger partial charge < -0.3 is 9.47 Å². The number of hydrogen-bond donors (Lipinski definition) is 0. The lowest BCUT2D eigenvalue weighted by molar-refractivity contribution is -0.161. The second kappa shape index (κ2) is 4.90. The Hall–Kier alpha value is -0.990. The molecule has 0 unspecified atom stereocenters. The quantitative estimate of drug-likeness (QED) is 0.499. The smallest absolute Gasteiger partial charge is 0.349 e. The highest BCUT2D eigenvalue weighted by Gasteiger charge is 2.29. The van der Waals surface area contributed by atoms with Crippen LogP contribution in [-0.4, -0.2) is 18.2 Å². The molecule has 76 valence electrons. The topological polar surface area (TPSA) is 35.5 Å². The van der Waals surface area contributed by atoms with Crippen LogP contribution in [0.3, 0.4) is 0 Å². The van der Waals surface area contributed by atoms with E-state index in [1.165, 1.54) is 0 Å². The van der Waals surface area contributed by atoms with Crippen LogP contribution >= 0.6 is 0 Å². The molecule has 0 atom stereocenters. The number of hydrogen-bond acceptors (Lipinski definition) is 3. The van der Waals surface area contributed by atoms with E-state index in [1.807, 2.05) is 13.8 Å². The minimum Gasteiger partial charge on any atom is -0.484 e. The second-order valence-corrected chi connectivity index (χ2v) is 3.54. The Morgan fingerprint density at radius 2 is 1.92 bits per heavy atom. The van der Waals surface area contributed by atoms with Crippen LogP contribution in [0.5, 0.6) is 0 Å². The molecule has 0 bridgehead atoms. The van der Waals surface area contributed by atoms with Crippen LogP contribution < -0.4 is 0 Å². The zero-order valence-corrected chi connectivity index (χ0v) is 9.01. The maximum Gasteiger partial charge on any atom is 0.349 e. The van der Waals surface area contributed by atoms with E-state index in [1.54, 1.807) is 27.0 Å². The van der Waals surface area contributed by atoms with Crippen molar-refractivity contribution in [2.24, 2.45) is 0 Å². The summed E-state index contributed by atoms with van der Waals surface area (Å²) in [7, 11) is 0. The Kier molecular flexibility index (Phi) is 4.52. The van der Waals surface area contributed by atoms with E-state index in [2.05, 4.69) is 0 Å². The maximum atomic E-state index is 11.3. The lowest BCUT2D eigenvalue weighted by Gasteiger charge is -2.21. The van der Waals surface area contributed by atoms with Gasteiger partial charge in [0.2, 0.25) is 0 Å². The zero-order chi connectivity index (χ0) is 10.5. The summed E-state index contributed by atoms with van der Waals surface area (Å²) < 4.78 is 10.1. The van der Waals surface area contributed by atoms with Crippen molar-refractivity contribution < 1.29 is 14.3 Å². The Morgan fingerprint density at radius 3 is 2.31 bits per heavy atom. The second-order valence-electron chi connectivity index (χ2n) is 3.54.